The Hall–Kier alpha value is -1.35. The second-order valence-electron chi connectivity index (χ2n) is 5.58. The maximum absolute atomic E-state index is 6.07. The molecule has 0 amide bonds. The van der Waals surface area contributed by atoms with E-state index in [2.05, 4.69) is 41.8 Å². The third kappa shape index (κ3) is 2.59. The molecule has 0 saturated heterocycles. The summed E-state index contributed by atoms with van der Waals surface area (Å²) >= 11 is 6.07. The first-order valence-corrected chi connectivity index (χ1v) is 7.38. The highest BCUT2D eigenvalue weighted by atomic mass is 35.5. The lowest BCUT2D eigenvalue weighted by Crippen LogP contribution is -2.45. The van der Waals surface area contributed by atoms with Crippen LogP contribution in [0.1, 0.15) is 24.0 Å². The van der Waals surface area contributed by atoms with Gasteiger partial charge in [0.25, 0.3) is 0 Å². The van der Waals surface area contributed by atoms with Crippen molar-refractivity contribution in [2.75, 3.05) is 0 Å². The van der Waals surface area contributed by atoms with Gasteiger partial charge in [-0.3, -0.25) is 11.3 Å². The zero-order valence-electron chi connectivity index (χ0n) is 11.4. The molecule has 1 unspecified atom stereocenters. The molecule has 2 aromatic carbocycles. The van der Waals surface area contributed by atoms with Crippen LogP contribution in [0.3, 0.4) is 0 Å². The minimum absolute atomic E-state index is 0.179. The lowest BCUT2D eigenvalue weighted by molar-refractivity contribution is 0.421. The Morgan fingerprint density at radius 1 is 1.10 bits per heavy atom. The molecule has 0 heterocycles. The Labute approximate surface area is 124 Å². The molecular formula is C17H19ClN2. The van der Waals surface area contributed by atoms with Gasteiger partial charge in [0.2, 0.25) is 0 Å². The van der Waals surface area contributed by atoms with E-state index in [-0.39, 0.29) is 11.5 Å². The number of halogens is 1. The monoisotopic (exact) mass is 286 g/mol. The quantitative estimate of drug-likeness (QED) is 0.653. The number of hydrazine groups is 1. The molecule has 104 valence electrons. The van der Waals surface area contributed by atoms with Gasteiger partial charge in [0.1, 0.15) is 0 Å². The summed E-state index contributed by atoms with van der Waals surface area (Å²) < 4.78 is 0. The molecule has 1 saturated carbocycles. The summed E-state index contributed by atoms with van der Waals surface area (Å²) in [5.74, 6) is 5.84. The van der Waals surface area contributed by atoms with Crippen LogP contribution in [0.15, 0.2) is 54.6 Å². The Bertz CT molecular complexity index is 579. The minimum Gasteiger partial charge on any atom is -0.271 e. The minimum atomic E-state index is 0.179. The molecule has 1 aliphatic rings. The average molecular weight is 287 g/mol. The summed E-state index contributed by atoms with van der Waals surface area (Å²) in [6.45, 7) is 0. The second-order valence-corrected chi connectivity index (χ2v) is 6.01. The molecule has 3 N–H and O–H groups in total. The van der Waals surface area contributed by atoms with Crippen molar-refractivity contribution in [3.8, 4) is 0 Å². The first-order chi connectivity index (χ1) is 9.74. The van der Waals surface area contributed by atoms with Crippen molar-refractivity contribution in [3.05, 3.63) is 70.7 Å². The zero-order valence-corrected chi connectivity index (χ0v) is 12.1. The maximum atomic E-state index is 6.07. The summed E-state index contributed by atoms with van der Waals surface area (Å²) in [6, 6.07) is 18.9. The van der Waals surface area contributed by atoms with Crippen LogP contribution in [0.2, 0.25) is 5.02 Å². The van der Waals surface area contributed by atoms with Crippen LogP contribution in [0.25, 0.3) is 0 Å². The first kappa shape index (κ1) is 13.6. The van der Waals surface area contributed by atoms with Crippen LogP contribution in [0.4, 0.5) is 0 Å². The fourth-order valence-electron chi connectivity index (χ4n) is 3.06. The van der Waals surface area contributed by atoms with Gasteiger partial charge in [-0.2, -0.15) is 0 Å². The molecule has 0 bridgehead atoms. The zero-order chi connectivity index (χ0) is 14.0. The third-order valence-corrected chi connectivity index (χ3v) is 4.57. The summed E-state index contributed by atoms with van der Waals surface area (Å²) in [7, 11) is 0. The number of hydrogen-bond donors (Lipinski definition) is 2. The molecule has 0 aromatic heterocycles. The molecule has 0 radical (unpaired) electrons. The maximum Gasteiger partial charge on any atom is 0.0408 e. The van der Waals surface area contributed by atoms with Gasteiger partial charge >= 0.3 is 0 Å². The van der Waals surface area contributed by atoms with E-state index in [1.807, 2.05) is 18.2 Å². The molecule has 1 atom stereocenters. The second kappa shape index (κ2) is 5.57. The van der Waals surface area contributed by atoms with Crippen molar-refractivity contribution >= 4 is 11.6 Å². The SMILES string of the molecule is NNC(Cc1cccc(Cl)c1)C1(c2ccccc2)CC1. The normalized spacial score (nSPS) is 17.7. The molecule has 2 aromatic rings. The fraction of sp³-hybridized carbons (Fsp3) is 0.294. The van der Waals surface area contributed by atoms with Gasteiger partial charge in [-0.05, 0) is 42.5 Å². The highest BCUT2D eigenvalue weighted by molar-refractivity contribution is 6.30. The van der Waals surface area contributed by atoms with Crippen LogP contribution in [0, 0.1) is 0 Å². The van der Waals surface area contributed by atoms with Crippen molar-refractivity contribution in [2.24, 2.45) is 5.84 Å². The van der Waals surface area contributed by atoms with Gasteiger partial charge in [0, 0.05) is 16.5 Å². The molecule has 3 heteroatoms. The highest BCUT2D eigenvalue weighted by Crippen LogP contribution is 2.51. The van der Waals surface area contributed by atoms with Crippen molar-refractivity contribution in [2.45, 2.75) is 30.7 Å². The summed E-state index contributed by atoms with van der Waals surface area (Å²) in [5.41, 5.74) is 5.81. The molecule has 0 spiro atoms. The summed E-state index contributed by atoms with van der Waals surface area (Å²) in [4.78, 5) is 0. The fourth-order valence-corrected chi connectivity index (χ4v) is 3.27. The van der Waals surface area contributed by atoms with Crippen LogP contribution in [0.5, 0.6) is 0 Å². The smallest absolute Gasteiger partial charge is 0.0408 e. The summed E-state index contributed by atoms with van der Waals surface area (Å²) in [5, 5.41) is 0.780. The van der Waals surface area contributed by atoms with Gasteiger partial charge < -0.3 is 0 Å². The molecule has 3 rings (SSSR count). The average Bonchev–Trinajstić information content (AvgIpc) is 3.27. The van der Waals surface area contributed by atoms with E-state index in [0.717, 1.165) is 11.4 Å². The summed E-state index contributed by atoms with van der Waals surface area (Å²) in [6.07, 6.45) is 3.27. The van der Waals surface area contributed by atoms with E-state index in [0.29, 0.717) is 0 Å². The lowest BCUT2D eigenvalue weighted by Gasteiger charge is -2.27. The number of hydrogen-bond acceptors (Lipinski definition) is 2. The molecule has 1 aliphatic carbocycles. The third-order valence-electron chi connectivity index (χ3n) is 4.33. The van der Waals surface area contributed by atoms with E-state index in [9.17, 15) is 0 Å². The van der Waals surface area contributed by atoms with Gasteiger partial charge in [-0.25, -0.2) is 0 Å². The van der Waals surface area contributed by atoms with E-state index >= 15 is 0 Å². The number of rotatable bonds is 5. The van der Waals surface area contributed by atoms with Crippen molar-refractivity contribution in [1.29, 1.82) is 0 Å². The molecule has 0 aliphatic heterocycles. The number of nitrogens with two attached hydrogens (primary N) is 1. The van der Waals surface area contributed by atoms with Gasteiger partial charge in [0.05, 0.1) is 0 Å². The van der Waals surface area contributed by atoms with Gasteiger partial charge in [-0.15, -0.1) is 0 Å². The Morgan fingerprint density at radius 2 is 1.85 bits per heavy atom. The molecular weight excluding hydrogens is 268 g/mol. The van der Waals surface area contributed by atoms with E-state index in [1.54, 1.807) is 0 Å². The lowest BCUT2D eigenvalue weighted by atomic mass is 9.85. The van der Waals surface area contributed by atoms with Crippen molar-refractivity contribution in [1.82, 2.24) is 5.43 Å². The van der Waals surface area contributed by atoms with Crippen LogP contribution in [-0.2, 0) is 11.8 Å². The van der Waals surface area contributed by atoms with Gasteiger partial charge in [-0.1, -0.05) is 54.1 Å². The molecule has 1 fully saturated rings. The predicted octanol–water partition coefficient (Wildman–Crippen LogP) is 3.45. The predicted molar refractivity (Wildman–Crippen MR) is 83.6 cm³/mol. The van der Waals surface area contributed by atoms with Crippen molar-refractivity contribution in [3.63, 3.8) is 0 Å². The largest absolute Gasteiger partial charge is 0.271 e. The van der Waals surface area contributed by atoms with Crippen LogP contribution >= 0.6 is 11.6 Å². The standard InChI is InChI=1S/C17H19ClN2/c18-15-8-4-5-13(11-15)12-16(20-19)17(9-10-17)14-6-2-1-3-7-14/h1-8,11,16,20H,9-10,12,19H2. The van der Waals surface area contributed by atoms with Crippen molar-refractivity contribution < 1.29 is 0 Å². The van der Waals surface area contributed by atoms with E-state index in [4.69, 9.17) is 17.4 Å². The highest BCUT2D eigenvalue weighted by Gasteiger charge is 2.50. The number of nitrogens with one attached hydrogen (secondary N) is 1. The van der Waals surface area contributed by atoms with E-state index in [1.165, 1.54) is 24.0 Å². The van der Waals surface area contributed by atoms with Gasteiger partial charge in [0.15, 0.2) is 0 Å². The molecule has 20 heavy (non-hydrogen) atoms. The molecule has 2 nitrogen and oxygen atoms in total. The van der Waals surface area contributed by atoms with Crippen LogP contribution < -0.4 is 11.3 Å². The Kier molecular flexibility index (Phi) is 3.79. The van der Waals surface area contributed by atoms with E-state index < -0.39 is 0 Å². The Balaban J connectivity index is 1.84. The van der Waals surface area contributed by atoms with Crippen LogP contribution in [-0.4, -0.2) is 6.04 Å². The Morgan fingerprint density at radius 3 is 2.45 bits per heavy atom. The number of benzene rings is 2. The topological polar surface area (TPSA) is 38.0 Å². The first-order valence-electron chi connectivity index (χ1n) is 7.01.